The van der Waals surface area contributed by atoms with Crippen molar-refractivity contribution in [2.75, 3.05) is 25.5 Å². The number of aromatic amines is 1. The lowest BCUT2D eigenvalue weighted by Crippen LogP contribution is -2.31. The van der Waals surface area contributed by atoms with Gasteiger partial charge in [0.25, 0.3) is 5.69 Å². The van der Waals surface area contributed by atoms with E-state index in [9.17, 15) is 19.3 Å². The maximum atomic E-state index is 13.0. The molecule has 0 aliphatic heterocycles. The highest BCUT2D eigenvalue weighted by molar-refractivity contribution is 5.94. The maximum Gasteiger partial charge on any atom is 0.292 e. The van der Waals surface area contributed by atoms with Crippen LogP contribution in [-0.2, 0) is 11.2 Å². The molecular weight excluding hydrogens is 389 g/mol. The van der Waals surface area contributed by atoms with Gasteiger partial charge in [-0.25, -0.2) is 4.39 Å². The number of H-pyrrole nitrogens is 1. The topological polar surface area (TPSA) is 104 Å². The van der Waals surface area contributed by atoms with Gasteiger partial charge in [0.15, 0.2) is 0 Å². The Hall–Kier alpha value is -3.59. The third-order valence-electron chi connectivity index (χ3n) is 4.55. The molecule has 0 aliphatic carbocycles. The van der Waals surface area contributed by atoms with E-state index in [-0.39, 0.29) is 29.6 Å². The van der Waals surface area contributed by atoms with Crippen molar-refractivity contribution in [3.05, 3.63) is 76.2 Å². The third-order valence-corrected chi connectivity index (χ3v) is 4.55. The van der Waals surface area contributed by atoms with Crippen molar-refractivity contribution in [3.8, 4) is 11.3 Å². The second kappa shape index (κ2) is 9.75. The molecule has 2 N–H and O–H groups in total. The Morgan fingerprint density at radius 2 is 1.97 bits per heavy atom. The summed E-state index contributed by atoms with van der Waals surface area (Å²) in [4.78, 5) is 24.5. The van der Waals surface area contributed by atoms with Gasteiger partial charge in [0, 0.05) is 17.3 Å². The Balaban J connectivity index is 1.45. The molecule has 8 nitrogen and oxygen atoms in total. The molecule has 0 bridgehead atoms. The molecule has 156 valence electrons. The van der Waals surface area contributed by atoms with Crippen LogP contribution in [0.5, 0.6) is 0 Å². The van der Waals surface area contributed by atoms with E-state index in [0.717, 1.165) is 29.8 Å². The van der Waals surface area contributed by atoms with Crippen LogP contribution in [0.1, 0.15) is 12.1 Å². The highest BCUT2D eigenvalue weighted by Crippen LogP contribution is 2.23. The monoisotopic (exact) mass is 411 g/mol. The van der Waals surface area contributed by atoms with Crippen LogP contribution in [0, 0.1) is 15.9 Å². The first-order valence-electron chi connectivity index (χ1n) is 9.44. The molecule has 1 heterocycles. The van der Waals surface area contributed by atoms with Gasteiger partial charge in [-0.2, -0.15) is 5.10 Å². The van der Waals surface area contributed by atoms with Crippen molar-refractivity contribution in [3.63, 3.8) is 0 Å². The Bertz CT molecular complexity index is 1020. The number of nitro benzene ring substituents is 1. The van der Waals surface area contributed by atoms with Gasteiger partial charge in [-0.15, -0.1) is 0 Å². The number of aromatic nitrogens is 2. The summed E-state index contributed by atoms with van der Waals surface area (Å²) < 4.78 is 13.0. The molecule has 0 fully saturated rings. The number of hydrogen-bond acceptors (Lipinski definition) is 5. The molecule has 0 spiro atoms. The standard InChI is InChI=1S/C21H22FN5O3/c1-26(14-21(28)23-18-6-2-3-7-20(18)27(29)30)12-4-5-17-13-19(25-24-17)15-8-10-16(22)11-9-15/h2-3,6-11,13H,4-5,12,14H2,1H3,(H,23,28)(H,24,25). The Kier molecular flexibility index (Phi) is 6.87. The number of nitrogens with zero attached hydrogens (tertiary/aromatic N) is 3. The molecule has 0 aliphatic rings. The van der Waals surface area contributed by atoms with Crippen molar-refractivity contribution >= 4 is 17.3 Å². The number of carbonyl (C=O) groups excluding carboxylic acids is 1. The molecule has 3 rings (SSSR count). The van der Waals surface area contributed by atoms with Gasteiger partial charge in [0.05, 0.1) is 17.2 Å². The number of halogens is 1. The maximum absolute atomic E-state index is 13.0. The van der Waals surface area contributed by atoms with E-state index in [0.29, 0.717) is 6.54 Å². The number of carbonyl (C=O) groups is 1. The molecule has 1 aromatic heterocycles. The van der Waals surface area contributed by atoms with Crippen LogP contribution in [0.3, 0.4) is 0 Å². The van der Waals surface area contributed by atoms with E-state index in [2.05, 4.69) is 15.5 Å². The zero-order valence-electron chi connectivity index (χ0n) is 16.5. The molecule has 0 saturated carbocycles. The Morgan fingerprint density at radius 3 is 2.70 bits per heavy atom. The SMILES string of the molecule is CN(CCCc1cc(-c2ccc(F)cc2)n[nH]1)CC(=O)Nc1ccccc1[N+](=O)[O-]. The number of nitrogens with one attached hydrogen (secondary N) is 2. The van der Waals surface area contributed by atoms with E-state index >= 15 is 0 Å². The summed E-state index contributed by atoms with van der Waals surface area (Å²) in [6.07, 6.45) is 1.53. The van der Waals surface area contributed by atoms with E-state index < -0.39 is 4.92 Å². The minimum atomic E-state index is -0.524. The second-order valence-electron chi connectivity index (χ2n) is 6.95. The van der Waals surface area contributed by atoms with Gasteiger partial charge >= 0.3 is 0 Å². The predicted octanol–water partition coefficient (Wildman–Crippen LogP) is 3.63. The van der Waals surface area contributed by atoms with Crippen LogP contribution in [0.2, 0.25) is 0 Å². The lowest BCUT2D eigenvalue weighted by molar-refractivity contribution is -0.383. The number of aryl methyl sites for hydroxylation is 1. The molecule has 3 aromatic rings. The summed E-state index contributed by atoms with van der Waals surface area (Å²) in [6.45, 7) is 0.783. The molecule has 2 aromatic carbocycles. The van der Waals surface area contributed by atoms with Crippen molar-refractivity contribution in [1.29, 1.82) is 0 Å². The molecule has 1 amide bonds. The third kappa shape index (κ3) is 5.71. The van der Waals surface area contributed by atoms with Gasteiger partial charge < -0.3 is 5.32 Å². The lowest BCUT2D eigenvalue weighted by atomic mass is 10.1. The number of amides is 1. The summed E-state index contributed by atoms with van der Waals surface area (Å²) in [5.41, 5.74) is 2.59. The van der Waals surface area contributed by atoms with Crippen molar-refractivity contribution in [1.82, 2.24) is 15.1 Å². The average molecular weight is 411 g/mol. The molecular formula is C21H22FN5O3. The number of hydrogen-bond donors (Lipinski definition) is 2. The van der Waals surface area contributed by atoms with Gasteiger partial charge in [0.2, 0.25) is 5.91 Å². The molecule has 0 saturated heterocycles. The fraction of sp³-hybridized carbons (Fsp3) is 0.238. The largest absolute Gasteiger partial charge is 0.319 e. The highest BCUT2D eigenvalue weighted by Gasteiger charge is 2.15. The number of para-hydroxylation sites is 2. The molecule has 9 heteroatoms. The van der Waals surface area contributed by atoms with E-state index in [1.807, 2.05) is 18.0 Å². The summed E-state index contributed by atoms with van der Waals surface area (Å²) in [7, 11) is 1.82. The second-order valence-corrected chi connectivity index (χ2v) is 6.95. The van der Waals surface area contributed by atoms with Gasteiger partial charge in [-0.1, -0.05) is 12.1 Å². The van der Waals surface area contributed by atoms with Gasteiger partial charge in [-0.3, -0.25) is 24.9 Å². The zero-order valence-corrected chi connectivity index (χ0v) is 16.5. The predicted molar refractivity (Wildman–Crippen MR) is 112 cm³/mol. The molecule has 30 heavy (non-hydrogen) atoms. The minimum Gasteiger partial charge on any atom is -0.319 e. The fourth-order valence-corrected chi connectivity index (χ4v) is 3.05. The van der Waals surface area contributed by atoms with Gasteiger partial charge in [0.1, 0.15) is 11.5 Å². The van der Waals surface area contributed by atoms with Crippen LogP contribution in [0.15, 0.2) is 54.6 Å². The number of anilines is 1. The van der Waals surface area contributed by atoms with Crippen molar-refractivity contribution in [2.24, 2.45) is 0 Å². The van der Waals surface area contributed by atoms with Crippen molar-refractivity contribution < 1.29 is 14.1 Å². The lowest BCUT2D eigenvalue weighted by Gasteiger charge is -2.15. The first-order valence-corrected chi connectivity index (χ1v) is 9.44. The normalized spacial score (nSPS) is 10.9. The van der Waals surface area contributed by atoms with E-state index in [1.165, 1.54) is 24.3 Å². The van der Waals surface area contributed by atoms with Gasteiger partial charge in [-0.05, 0) is 62.8 Å². The van der Waals surface area contributed by atoms with Crippen LogP contribution in [-0.4, -0.2) is 46.1 Å². The number of likely N-dealkylation sites (N-methyl/N-ethyl adjacent to an activating group) is 1. The highest BCUT2D eigenvalue weighted by atomic mass is 19.1. The average Bonchev–Trinajstić information content (AvgIpc) is 3.17. The first kappa shape index (κ1) is 21.1. The summed E-state index contributed by atoms with van der Waals surface area (Å²) in [5.74, 6) is -0.601. The van der Waals surface area contributed by atoms with Crippen LogP contribution in [0.4, 0.5) is 15.8 Å². The molecule has 0 radical (unpaired) electrons. The molecule has 0 unspecified atom stereocenters. The summed E-state index contributed by atoms with van der Waals surface area (Å²) in [5, 5.41) is 20.8. The van der Waals surface area contributed by atoms with Crippen LogP contribution < -0.4 is 5.32 Å². The van der Waals surface area contributed by atoms with E-state index in [4.69, 9.17) is 0 Å². The quantitative estimate of drug-likeness (QED) is 0.413. The van der Waals surface area contributed by atoms with Crippen LogP contribution >= 0.6 is 0 Å². The van der Waals surface area contributed by atoms with E-state index in [1.54, 1.807) is 24.3 Å². The van der Waals surface area contributed by atoms with Crippen molar-refractivity contribution in [2.45, 2.75) is 12.8 Å². The zero-order chi connectivity index (χ0) is 21.5. The summed E-state index contributed by atoms with van der Waals surface area (Å²) in [6, 6.07) is 14.1. The molecule has 0 atom stereocenters. The summed E-state index contributed by atoms with van der Waals surface area (Å²) >= 11 is 0. The number of rotatable bonds is 9. The number of benzene rings is 2. The fourth-order valence-electron chi connectivity index (χ4n) is 3.05. The Labute approximate surface area is 172 Å². The number of nitro groups is 1. The first-order chi connectivity index (χ1) is 14.4. The smallest absolute Gasteiger partial charge is 0.292 e. The Morgan fingerprint density at radius 1 is 1.23 bits per heavy atom. The minimum absolute atomic E-state index is 0.121. The van der Waals surface area contributed by atoms with Crippen LogP contribution in [0.25, 0.3) is 11.3 Å².